The Morgan fingerprint density at radius 3 is 1.94 bits per heavy atom. The fraction of sp³-hybridized carbons (Fsp3) is 0.217. The average molecular weight is 489 g/mol. The lowest BCUT2D eigenvalue weighted by Gasteiger charge is -2.31. The van der Waals surface area contributed by atoms with Gasteiger partial charge in [-0.2, -0.15) is 0 Å². The zero-order chi connectivity index (χ0) is 23.6. The van der Waals surface area contributed by atoms with Crippen LogP contribution in [-0.2, 0) is 26.5 Å². The van der Waals surface area contributed by atoms with Gasteiger partial charge in [-0.15, -0.1) is 0 Å². The van der Waals surface area contributed by atoms with Crippen molar-refractivity contribution in [2.24, 2.45) is 0 Å². The van der Waals surface area contributed by atoms with Gasteiger partial charge in [0.2, 0.25) is 0 Å². The molecule has 3 aromatic carbocycles. The molecule has 0 atom stereocenters. The lowest BCUT2D eigenvalue weighted by molar-refractivity contribution is 0.414. The van der Waals surface area contributed by atoms with Crippen LogP contribution in [0.3, 0.4) is 0 Å². The van der Waals surface area contributed by atoms with Gasteiger partial charge < -0.3 is 9.47 Å². The summed E-state index contributed by atoms with van der Waals surface area (Å²) >= 11 is 0. The molecule has 33 heavy (non-hydrogen) atoms. The Balaban J connectivity index is 1.61. The first-order chi connectivity index (χ1) is 15.7. The Labute approximate surface area is 193 Å². The topological polar surface area (TPSA) is 102 Å². The number of fused-ring (bicyclic) bond motifs is 1. The molecule has 8 nitrogen and oxygen atoms in total. The molecule has 0 radical (unpaired) electrons. The highest BCUT2D eigenvalue weighted by atomic mass is 32.2. The Kier molecular flexibility index (Phi) is 6.22. The van der Waals surface area contributed by atoms with Gasteiger partial charge in [0, 0.05) is 12.2 Å². The summed E-state index contributed by atoms with van der Waals surface area (Å²) in [4.78, 5) is 0.269. The highest BCUT2D eigenvalue weighted by Crippen LogP contribution is 2.34. The van der Waals surface area contributed by atoms with Gasteiger partial charge in [-0.1, -0.05) is 0 Å². The monoisotopic (exact) mass is 488 g/mol. The van der Waals surface area contributed by atoms with Crippen molar-refractivity contribution >= 4 is 31.4 Å². The van der Waals surface area contributed by atoms with Crippen LogP contribution < -0.4 is 18.5 Å². The fourth-order valence-corrected chi connectivity index (χ4v) is 6.31. The van der Waals surface area contributed by atoms with Crippen LogP contribution in [0.4, 0.5) is 11.4 Å². The molecule has 0 fully saturated rings. The quantitative estimate of drug-likeness (QED) is 0.545. The molecule has 4 rings (SSSR count). The number of sulfonamides is 2. The average Bonchev–Trinajstić information content (AvgIpc) is 2.83. The molecule has 3 aromatic rings. The molecule has 0 amide bonds. The van der Waals surface area contributed by atoms with E-state index in [1.54, 1.807) is 42.5 Å². The van der Waals surface area contributed by atoms with E-state index in [1.807, 2.05) is 0 Å². The molecule has 1 aliphatic rings. The summed E-state index contributed by atoms with van der Waals surface area (Å²) in [5, 5.41) is 0. The number of nitrogens with one attached hydrogen (secondary N) is 1. The first-order valence-electron chi connectivity index (χ1n) is 10.2. The van der Waals surface area contributed by atoms with Crippen LogP contribution in [0.1, 0.15) is 12.0 Å². The van der Waals surface area contributed by atoms with Gasteiger partial charge in [0.1, 0.15) is 11.5 Å². The van der Waals surface area contributed by atoms with Crippen LogP contribution in [0.2, 0.25) is 0 Å². The van der Waals surface area contributed by atoms with E-state index < -0.39 is 20.0 Å². The van der Waals surface area contributed by atoms with Crippen LogP contribution in [0, 0.1) is 0 Å². The van der Waals surface area contributed by atoms with Crippen molar-refractivity contribution in [3.05, 3.63) is 72.3 Å². The van der Waals surface area contributed by atoms with Gasteiger partial charge in [-0.25, -0.2) is 16.8 Å². The number of rotatable bonds is 7. The highest BCUT2D eigenvalue weighted by molar-refractivity contribution is 7.93. The molecule has 0 spiro atoms. The predicted molar refractivity (Wildman–Crippen MR) is 126 cm³/mol. The molecule has 174 valence electrons. The van der Waals surface area contributed by atoms with E-state index in [1.165, 1.54) is 42.8 Å². The molecule has 1 aliphatic heterocycles. The van der Waals surface area contributed by atoms with Crippen LogP contribution in [0.15, 0.2) is 76.5 Å². The van der Waals surface area contributed by atoms with E-state index in [4.69, 9.17) is 9.47 Å². The number of anilines is 2. The minimum absolute atomic E-state index is 0.102. The summed E-state index contributed by atoms with van der Waals surface area (Å²) in [7, 11) is -4.55. The number of nitrogens with zero attached hydrogens (tertiary/aromatic N) is 1. The van der Waals surface area contributed by atoms with Crippen molar-refractivity contribution < 1.29 is 26.3 Å². The summed E-state index contributed by atoms with van der Waals surface area (Å²) in [6.45, 7) is 0.346. The van der Waals surface area contributed by atoms with Gasteiger partial charge >= 0.3 is 0 Å². The van der Waals surface area contributed by atoms with E-state index in [9.17, 15) is 16.8 Å². The number of ether oxygens (including phenoxy) is 2. The van der Waals surface area contributed by atoms with Gasteiger partial charge in [0.15, 0.2) is 0 Å². The second-order valence-electron chi connectivity index (χ2n) is 7.48. The van der Waals surface area contributed by atoms with E-state index in [2.05, 4.69) is 4.72 Å². The Bertz CT molecular complexity index is 1350. The summed E-state index contributed by atoms with van der Waals surface area (Å²) in [5.74, 6) is 1.13. The Hall–Kier alpha value is -3.24. The molecule has 1 heterocycles. The van der Waals surface area contributed by atoms with Crippen molar-refractivity contribution in [3.63, 3.8) is 0 Å². The third kappa shape index (κ3) is 4.62. The molecule has 0 saturated carbocycles. The summed E-state index contributed by atoms with van der Waals surface area (Å²) < 4.78 is 66.2. The minimum atomic E-state index is -3.81. The van der Waals surface area contributed by atoms with Gasteiger partial charge in [-0.05, 0) is 85.1 Å². The molecule has 0 bridgehead atoms. The number of hydrogen-bond donors (Lipinski definition) is 1. The third-order valence-corrected chi connectivity index (χ3v) is 8.65. The van der Waals surface area contributed by atoms with Gasteiger partial charge in [-0.3, -0.25) is 9.03 Å². The van der Waals surface area contributed by atoms with E-state index in [0.717, 1.165) is 5.56 Å². The molecule has 0 aromatic heterocycles. The molecule has 1 N–H and O–H groups in total. The van der Waals surface area contributed by atoms with Crippen molar-refractivity contribution in [2.45, 2.75) is 22.6 Å². The van der Waals surface area contributed by atoms with Crippen molar-refractivity contribution in [3.8, 4) is 11.5 Å². The van der Waals surface area contributed by atoms with Gasteiger partial charge in [0.25, 0.3) is 20.0 Å². The molecule has 0 aliphatic carbocycles. The van der Waals surface area contributed by atoms with E-state index in [0.29, 0.717) is 42.3 Å². The molecule has 0 saturated heterocycles. The van der Waals surface area contributed by atoms with E-state index >= 15 is 0 Å². The fourth-order valence-electron chi connectivity index (χ4n) is 3.72. The van der Waals surface area contributed by atoms with Gasteiger partial charge in [0.05, 0.1) is 29.7 Å². The minimum Gasteiger partial charge on any atom is -0.497 e. The summed E-state index contributed by atoms with van der Waals surface area (Å²) in [5.41, 5.74) is 1.67. The maximum absolute atomic E-state index is 13.3. The zero-order valence-corrected chi connectivity index (χ0v) is 19.8. The zero-order valence-electron chi connectivity index (χ0n) is 18.2. The maximum Gasteiger partial charge on any atom is 0.264 e. The normalized spacial score (nSPS) is 13.8. The van der Waals surface area contributed by atoms with Crippen molar-refractivity contribution in [1.82, 2.24) is 0 Å². The second-order valence-corrected chi connectivity index (χ2v) is 11.0. The van der Waals surface area contributed by atoms with Crippen molar-refractivity contribution in [2.75, 3.05) is 29.8 Å². The first kappa shape index (κ1) is 22.9. The lowest BCUT2D eigenvalue weighted by Crippen LogP contribution is -2.35. The standard InChI is InChI=1S/C23H24N2O6S2/c1-30-19-6-10-21(11-7-19)32(26,27)24-18-5-14-23-17(16-18)4-3-15-25(23)33(28,29)22-12-8-20(31-2)9-13-22/h5-14,16,24H,3-4,15H2,1-2H3. The third-order valence-electron chi connectivity index (χ3n) is 5.42. The van der Waals surface area contributed by atoms with Crippen LogP contribution in [0.25, 0.3) is 0 Å². The Morgan fingerprint density at radius 2 is 1.36 bits per heavy atom. The first-order valence-corrected chi connectivity index (χ1v) is 13.1. The number of aryl methyl sites for hydroxylation is 1. The Morgan fingerprint density at radius 1 is 0.788 bits per heavy atom. The van der Waals surface area contributed by atoms with Crippen LogP contribution in [0.5, 0.6) is 11.5 Å². The molecular weight excluding hydrogens is 464 g/mol. The molecular formula is C23H24N2O6S2. The van der Waals surface area contributed by atoms with Crippen LogP contribution >= 0.6 is 0 Å². The SMILES string of the molecule is COc1ccc(S(=O)(=O)Nc2ccc3c(c2)CCCN3S(=O)(=O)c2ccc(OC)cc2)cc1. The highest BCUT2D eigenvalue weighted by Gasteiger charge is 2.29. The smallest absolute Gasteiger partial charge is 0.264 e. The lowest BCUT2D eigenvalue weighted by atomic mass is 10.0. The predicted octanol–water partition coefficient (Wildman–Crippen LogP) is 3.65. The van der Waals surface area contributed by atoms with Crippen LogP contribution in [-0.4, -0.2) is 37.6 Å². The number of hydrogen-bond acceptors (Lipinski definition) is 6. The van der Waals surface area contributed by atoms with E-state index in [-0.39, 0.29) is 9.79 Å². The maximum atomic E-state index is 13.3. The number of methoxy groups -OCH3 is 2. The largest absolute Gasteiger partial charge is 0.497 e. The summed E-state index contributed by atoms with van der Waals surface area (Å²) in [6.07, 6.45) is 1.26. The second kappa shape index (κ2) is 8.95. The van der Waals surface area contributed by atoms with Crippen molar-refractivity contribution in [1.29, 1.82) is 0 Å². The number of benzene rings is 3. The molecule has 0 unspecified atom stereocenters. The summed E-state index contributed by atoms with van der Waals surface area (Å²) in [6, 6.07) is 17.2. The molecule has 10 heteroatoms.